The molecule has 0 aliphatic rings. The molecule has 0 bridgehead atoms. The molecule has 0 spiro atoms. The van der Waals surface area contributed by atoms with Gasteiger partial charge in [0.15, 0.2) is 5.78 Å². The van der Waals surface area contributed by atoms with Crippen molar-refractivity contribution in [3.63, 3.8) is 0 Å². The maximum atomic E-state index is 12.6. The second-order valence-corrected chi connectivity index (χ2v) is 6.17. The Kier molecular flexibility index (Phi) is 5.17. The van der Waals surface area contributed by atoms with Crippen molar-refractivity contribution in [1.82, 2.24) is 9.88 Å². The first kappa shape index (κ1) is 18.1. The summed E-state index contributed by atoms with van der Waals surface area (Å²) in [7, 11) is 1.67. The van der Waals surface area contributed by atoms with Gasteiger partial charge in [-0.3, -0.25) is 9.59 Å². The van der Waals surface area contributed by atoms with Gasteiger partial charge in [0.25, 0.3) is 5.91 Å². The number of hydrogen-bond donors (Lipinski definition) is 2. The lowest BCUT2D eigenvalue weighted by molar-refractivity contribution is 0.0695. The van der Waals surface area contributed by atoms with Gasteiger partial charge < -0.3 is 15.0 Å². The van der Waals surface area contributed by atoms with Crippen LogP contribution in [0.1, 0.15) is 42.2 Å². The van der Waals surface area contributed by atoms with Gasteiger partial charge in [0.1, 0.15) is 0 Å². The van der Waals surface area contributed by atoms with Crippen LogP contribution in [0.15, 0.2) is 67.0 Å². The molecule has 6 nitrogen and oxygen atoms in total. The van der Waals surface area contributed by atoms with Crippen molar-refractivity contribution >= 4 is 17.7 Å². The highest BCUT2D eigenvalue weighted by Gasteiger charge is 2.14. The van der Waals surface area contributed by atoms with Crippen LogP contribution >= 0.6 is 0 Å². The lowest BCUT2D eigenvalue weighted by Gasteiger charge is -2.17. The quantitative estimate of drug-likeness (QED) is 0.659. The molecule has 3 aromatic rings. The Morgan fingerprint density at radius 3 is 2.00 bits per heavy atom. The number of hydrogen-bond acceptors (Lipinski definition) is 3. The van der Waals surface area contributed by atoms with Crippen molar-refractivity contribution in [3.8, 4) is 0 Å². The summed E-state index contributed by atoms with van der Waals surface area (Å²) in [6.07, 6.45) is 3.31. The van der Waals surface area contributed by atoms with Crippen LogP contribution in [0.3, 0.4) is 0 Å². The predicted molar refractivity (Wildman–Crippen MR) is 99.9 cm³/mol. The Morgan fingerprint density at radius 2 is 1.44 bits per heavy atom. The summed E-state index contributed by atoms with van der Waals surface area (Å²) in [5.41, 5.74) is 2.59. The monoisotopic (exact) mass is 362 g/mol. The fourth-order valence-electron chi connectivity index (χ4n) is 2.71. The number of aromatic amines is 1. The minimum atomic E-state index is -0.986. The Morgan fingerprint density at radius 1 is 0.852 bits per heavy atom. The van der Waals surface area contributed by atoms with Crippen LogP contribution in [0, 0.1) is 0 Å². The third kappa shape index (κ3) is 4.12. The second kappa shape index (κ2) is 7.70. The van der Waals surface area contributed by atoms with Crippen LogP contribution < -0.4 is 0 Å². The van der Waals surface area contributed by atoms with Gasteiger partial charge in [0.05, 0.1) is 5.56 Å². The van der Waals surface area contributed by atoms with E-state index < -0.39 is 5.97 Å². The summed E-state index contributed by atoms with van der Waals surface area (Å²) in [5.74, 6) is -1.28. The second-order valence-electron chi connectivity index (χ2n) is 6.17. The summed E-state index contributed by atoms with van der Waals surface area (Å²) >= 11 is 0. The molecule has 1 amide bonds. The molecule has 1 heterocycles. The Hall–Kier alpha value is -3.67. The number of rotatable bonds is 6. The number of carboxylic acid groups (broad SMARTS) is 1. The average molecular weight is 362 g/mol. The fourth-order valence-corrected chi connectivity index (χ4v) is 2.71. The summed E-state index contributed by atoms with van der Waals surface area (Å²) < 4.78 is 0. The standard InChI is InChI=1S/C21H18N2O4/c1-23(13-14-2-4-17(5-3-14)21(26)27)20(25)16-8-6-15(7-9-16)19(24)18-10-11-22-12-18/h2-12,22H,13H2,1H3,(H,26,27). The number of benzene rings is 2. The number of ketones is 1. The molecule has 0 saturated carbocycles. The summed E-state index contributed by atoms with van der Waals surface area (Å²) in [4.78, 5) is 40.1. The lowest BCUT2D eigenvalue weighted by Crippen LogP contribution is -2.26. The SMILES string of the molecule is CN(Cc1ccc(C(=O)O)cc1)C(=O)c1ccc(C(=O)c2cc[nH]c2)cc1. The zero-order valence-corrected chi connectivity index (χ0v) is 14.7. The van der Waals surface area contributed by atoms with Crippen LogP contribution in [-0.4, -0.2) is 39.7 Å². The van der Waals surface area contributed by atoms with Gasteiger partial charge in [-0.1, -0.05) is 24.3 Å². The van der Waals surface area contributed by atoms with Crippen molar-refractivity contribution in [1.29, 1.82) is 0 Å². The molecule has 3 rings (SSSR count). The number of carboxylic acids is 1. The molecular weight excluding hydrogens is 344 g/mol. The maximum absolute atomic E-state index is 12.6. The highest BCUT2D eigenvalue weighted by atomic mass is 16.4. The molecule has 2 N–H and O–H groups in total. The predicted octanol–water partition coefficient (Wildman–Crippen LogP) is 3.22. The van der Waals surface area contributed by atoms with E-state index in [-0.39, 0.29) is 17.3 Å². The first-order valence-electron chi connectivity index (χ1n) is 8.31. The molecule has 0 fully saturated rings. The van der Waals surface area contributed by atoms with Crippen molar-refractivity contribution in [2.24, 2.45) is 0 Å². The number of amides is 1. The van der Waals surface area contributed by atoms with E-state index in [4.69, 9.17) is 5.11 Å². The van der Waals surface area contributed by atoms with Crippen LogP contribution in [0.4, 0.5) is 0 Å². The first-order valence-corrected chi connectivity index (χ1v) is 8.31. The molecule has 0 aliphatic heterocycles. The summed E-state index contributed by atoms with van der Waals surface area (Å²) in [5, 5.41) is 8.93. The fraction of sp³-hybridized carbons (Fsp3) is 0.0952. The largest absolute Gasteiger partial charge is 0.478 e. The molecule has 27 heavy (non-hydrogen) atoms. The molecule has 6 heteroatoms. The van der Waals surface area contributed by atoms with Gasteiger partial charge in [-0.2, -0.15) is 0 Å². The van der Waals surface area contributed by atoms with Gasteiger partial charge in [-0.15, -0.1) is 0 Å². The molecule has 0 saturated heterocycles. The number of carbonyl (C=O) groups is 3. The van der Waals surface area contributed by atoms with Gasteiger partial charge in [0, 0.05) is 42.7 Å². The highest BCUT2D eigenvalue weighted by Crippen LogP contribution is 2.14. The molecule has 2 aromatic carbocycles. The molecule has 136 valence electrons. The van der Waals surface area contributed by atoms with E-state index in [1.807, 2.05) is 0 Å². The minimum absolute atomic E-state index is 0.109. The van der Waals surface area contributed by atoms with E-state index in [1.54, 1.807) is 66.8 Å². The third-order valence-corrected chi connectivity index (χ3v) is 4.22. The lowest BCUT2D eigenvalue weighted by atomic mass is 10.0. The molecule has 1 aromatic heterocycles. The van der Waals surface area contributed by atoms with Crippen LogP contribution in [0.2, 0.25) is 0 Å². The van der Waals surface area contributed by atoms with Crippen LogP contribution in [-0.2, 0) is 6.54 Å². The van der Waals surface area contributed by atoms with Gasteiger partial charge in [-0.25, -0.2) is 4.79 Å². The molecule has 0 unspecified atom stereocenters. The van der Waals surface area contributed by atoms with E-state index in [0.29, 0.717) is 23.2 Å². The van der Waals surface area contributed by atoms with E-state index in [0.717, 1.165) is 5.56 Å². The van der Waals surface area contributed by atoms with E-state index in [1.165, 1.54) is 12.1 Å². The molecule has 0 aliphatic carbocycles. The topological polar surface area (TPSA) is 90.5 Å². The van der Waals surface area contributed by atoms with Gasteiger partial charge in [-0.05, 0) is 35.9 Å². The number of H-pyrrole nitrogens is 1. The Bertz CT molecular complexity index is 958. The van der Waals surface area contributed by atoms with Crippen molar-refractivity contribution < 1.29 is 19.5 Å². The summed E-state index contributed by atoms with van der Waals surface area (Å²) in [6, 6.07) is 14.6. The summed E-state index contributed by atoms with van der Waals surface area (Å²) in [6.45, 7) is 0.350. The van der Waals surface area contributed by atoms with E-state index in [9.17, 15) is 14.4 Å². The molecule has 0 atom stereocenters. The maximum Gasteiger partial charge on any atom is 0.335 e. The van der Waals surface area contributed by atoms with E-state index >= 15 is 0 Å². The minimum Gasteiger partial charge on any atom is -0.478 e. The first-order chi connectivity index (χ1) is 13.0. The number of aromatic carboxylic acids is 1. The van der Waals surface area contributed by atoms with Crippen LogP contribution in [0.25, 0.3) is 0 Å². The number of aromatic nitrogens is 1. The zero-order chi connectivity index (χ0) is 19.4. The third-order valence-electron chi connectivity index (χ3n) is 4.22. The van der Waals surface area contributed by atoms with Gasteiger partial charge in [0.2, 0.25) is 0 Å². The Labute approximate surface area is 156 Å². The normalized spacial score (nSPS) is 10.4. The van der Waals surface area contributed by atoms with Crippen molar-refractivity contribution in [3.05, 3.63) is 94.8 Å². The molecular formula is C21H18N2O4. The average Bonchev–Trinajstić information content (AvgIpc) is 3.22. The van der Waals surface area contributed by atoms with Crippen molar-refractivity contribution in [2.45, 2.75) is 6.54 Å². The number of nitrogens with zero attached hydrogens (tertiary/aromatic N) is 1. The van der Waals surface area contributed by atoms with E-state index in [2.05, 4.69) is 4.98 Å². The van der Waals surface area contributed by atoms with Gasteiger partial charge >= 0.3 is 5.97 Å². The highest BCUT2D eigenvalue weighted by molar-refractivity contribution is 6.09. The smallest absolute Gasteiger partial charge is 0.335 e. The number of nitrogens with one attached hydrogen (secondary N) is 1. The number of carbonyl (C=O) groups excluding carboxylic acids is 2. The zero-order valence-electron chi connectivity index (χ0n) is 14.7. The van der Waals surface area contributed by atoms with Crippen LogP contribution in [0.5, 0.6) is 0 Å². The molecule has 0 radical (unpaired) electrons. The van der Waals surface area contributed by atoms with Crippen molar-refractivity contribution in [2.75, 3.05) is 7.05 Å². The Balaban J connectivity index is 1.67.